The Labute approximate surface area is 446 Å². The van der Waals surface area contributed by atoms with Crippen LogP contribution in [0.1, 0.15) is 88.8 Å². The molecule has 74 heavy (non-hydrogen) atoms. The van der Waals surface area contributed by atoms with Gasteiger partial charge >= 0.3 is 0 Å². The van der Waals surface area contributed by atoms with Crippen molar-refractivity contribution in [3.63, 3.8) is 0 Å². The van der Waals surface area contributed by atoms with Gasteiger partial charge in [0.05, 0.1) is 32.3 Å². The van der Waals surface area contributed by atoms with Crippen LogP contribution in [0.3, 0.4) is 0 Å². The summed E-state index contributed by atoms with van der Waals surface area (Å²) in [5.74, 6) is 0.622. The van der Waals surface area contributed by atoms with E-state index in [0.29, 0.717) is 36.1 Å². The van der Waals surface area contributed by atoms with E-state index in [1.54, 1.807) is 22.7 Å². The molecule has 10 rings (SSSR count). The molecule has 6 aromatic carbocycles. The Morgan fingerprint density at radius 2 is 0.784 bits per heavy atom. The molecule has 2 aromatic heterocycles. The highest BCUT2D eigenvalue weighted by molar-refractivity contribution is 7.16. The monoisotopic (exact) mass is 1010 g/mol. The van der Waals surface area contributed by atoms with Crippen molar-refractivity contribution in [2.24, 2.45) is 11.8 Å². The van der Waals surface area contributed by atoms with E-state index >= 15 is 9.59 Å². The average molecular weight is 1010 g/mol. The minimum atomic E-state index is -0.0361. The molecular weight excluding hydrogens is 945 g/mol. The highest BCUT2D eigenvalue weighted by Crippen LogP contribution is 2.50. The summed E-state index contributed by atoms with van der Waals surface area (Å²) < 4.78 is 0. The number of hydrogen-bond donors (Lipinski definition) is 0. The molecule has 2 aliphatic heterocycles. The summed E-state index contributed by atoms with van der Waals surface area (Å²) in [5.41, 5.74) is 12.6. The fourth-order valence-electron chi connectivity index (χ4n) is 10.6. The Morgan fingerprint density at radius 1 is 0.405 bits per heavy atom. The Hall–Kier alpha value is -7.26. The molecule has 374 valence electrons. The number of hydrogen-bond acceptors (Lipinski definition) is 6. The van der Waals surface area contributed by atoms with Crippen molar-refractivity contribution in [1.82, 2.24) is 9.80 Å². The Kier molecular flexibility index (Phi) is 15.8. The minimum absolute atomic E-state index is 0.0361. The first kappa shape index (κ1) is 50.3. The van der Waals surface area contributed by atoms with Gasteiger partial charge < -0.3 is 19.6 Å². The molecule has 0 spiro atoms. The first-order valence-corrected chi connectivity index (χ1v) is 28.4. The highest BCUT2D eigenvalue weighted by Gasteiger charge is 2.50. The van der Waals surface area contributed by atoms with Crippen molar-refractivity contribution in [3.05, 3.63) is 214 Å². The number of carbonyl (C=O) groups is 2. The van der Waals surface area contributed by atoms with E-state index in [0.717, 1.165) is 128 Å². The van der Waals surface area contributed by atoms with Gasteiger partial charge in [0.1, 0.15) is 0 Å². The number of rotatable bonds is 22. The number of benzene rings is 6. The molecule has 0 aliphatic carbocycles. The lowest BCUT2D eigenvalue weighted by Gasteiger charge is -2.29. The van der Waals surface area contributed by atoms with E-state index in [9.17, 15) is 0 Å². The molecule has 8 aromatic rings. The zero-order chi connectivity index (χ0) is 51.0. The summed E-state index contributed by atoms with van der Waals surface area (Å²) in [6.07, 6.45) is 8.55. The topological polar surface area (TPSA) is 47.1 Å². The minimum Gasteiger partial charge on any atom is -0.311 e. The third-order valence-corrected chi connectivity index (χ3v) is 16.8. The number of para-hydroxylation sites is 3. The molecule has 0 radical (unpaired) electrons. The molecule has 8 heteroatoms. The van der Waals surface area contributed by atoms with Gasteiger partial charge in [-0.15, -0.1) is 22.7 Å². The van der Waals surface area contributed by atoms with Gasteiger partial charge in [0.25, 0.3) is 11.8 Å². The summed E-state index contributed by atoms with van der Waals surface area (Å²) in [6, 6.07) is 66.3. The van der Waals surface area contributed by atoms with Crippen LogP contribution in [0, 0.1) is 11.8 Å². The van der Waals surface area contributed by atoms with Gasteiger partial charge in [-0.2, -0.15) is 0 Å². The molecule has 0 N–H and O–H groups in total. The van der Waals surface area contributed by atoms with Crippen LogP contribution < -0.4 is 9.80 Å². The first-order valence-electron chi connectivity index (χ1n) is 26.7. The summed E-state index contributed by atoms with van der Waals surface area (Å²) in [4.78, 5) is 41.7. The fourth-order valence-corrected chi connectivity index (χ4v) is 12.5. The summed E-state index contributed by atoms with van der Waals surface area (Å²) in [6.45, 7) is 10.1. The van der Waals surface area contributed by atoms with Crippen molar-refractivity contribution >= 4 is 80.0 Å². The van der Waals surface area contributed by atoms with Gasteiger partial charge in [0.2, 0.25) is 0 Å². The lowest BCUT2D eigenvalue weighted by molar-refractivity contribution is -0.124. The zero-order valence-electron chi connectivity index (χ0n) is 43.1. The largest absolute Gasteiger partial charge is 0.311 e. The number of anilines is 6. The molecule has 2 aliphatic rings. The molecule has 6 nitrogen and oxygen atoms in total. The van der Waals surface area contributed by atoms with Gasteiger partial charge in [-0.05, 0) is 138 Å². The van der Waals surface area contributed by atoms with Crippen LogP contribution in [0.4, 0.5) is 34.1 Å². The van der Waals surface area contributed by atoms with Crippen molar-refractivity contribution in [3.8, 4) is 21.6 Å². The maximum absolute atomic E-state index is 15.1. The quantitative estimate of drug-likeness (QED) is 0.0679. The van der Waals surface area contributed by atoms with Gasteiger partial charge in [-0.1, -0.05) is 163 Å². The summed E-state index contributed by atoms with van der Waals surface area (Å²) in [5, 5.41) is 2.05. The smallest absolute Gasteiger partial charge is 0.261 e. The second kappa shape index (κ2) is 23.3. The van der Waals surface area contributed by atoms with Crippen LogP contribution in [0.25, 0.3) is 33.0 Å². The molecule has 0 bridgehead atoms. The molecule has 4 heterocycles. The Balaban J connectivity index is 0.953. The zero-order valence-corrected chi connectivity index (χ0v) is 44.8. The Bertz CT molecular complexity index is 3160. The van der Waals surface area contributed by atoms with Crippen LogP contribution in [-0.2, 0) is 9.59 Å². The maximum atomic E-state index is 15.1. The number of thiophene rings is 2. The van der Waals surface area contributed by atoms with Crippen molar-refractivity contribution < 1.29 is 9.59 Å². The number of amides is 2. The number of fused-ring (bicyclic) bond motifs is 1. The van der Waals surface area contributed by atoms with Crippen LogP contribution in [0.5, 0.6) is 0 Å². The second-order valence-corrected chi connectivity index (χ2v) is 21.6. The fraction of sp³-hybridized carbons (Fsp3) is 0.242. The third kappa shape index (κ3) is 10.4. The van der Waals surface area contributed by atoms with Crippen LogP contribution >= 0.6 is 22.7 Å². The molecule has 0 saturated heterocycles. The predicted octanol–water partition coefficient (Wildman–Crippen LogP) is 18.3. The van der Waals surface area contributed by atoms with Crippen LogP contribution in [0.2, 0.25) is 0 Å². The van der Waals surface area contributed by atoms with Gasteiger partial charge in [0, 0.05) is 52.1 Å². The van der Waals surface area contributed by atoms with E-state index in [2.05, 4.69) is 225 Å². The normalized spacial score (nSPS) is 14.3. The molecule has 2 atom stereocenters. The van der Waals surface area contributed by atoms with E-state index in [4.69, 9.17) is 0 Å². The first-order chi connectivity index (χ1) is 36.4. The molecule has 0 saturated carbocycles. The van der Waals surface area contributed by atoms with Gasteiger partial charge in [-0.25, -0.2) is 0 Å². The van der Waals surface area contributed by atoms with Gasteiger partial charge in [0.15, 0.2) is 0 Å². The van der Waals surface area contributed by atoms with E-state index < -0.39 is 0 Å². The predicted molar refractivity (Wildman–Crippen MR) is 313 cm³/mol. The van der Waals surface area contributed by atoms with E-state index in [1.807, 2.05) is 15.9 Å². The lowest BCUT2D eigenvalue weighted by atomic mass is 9.98. The number of nitrogens with zero attached hydrogens (tertiary/aromatic N) is 4. The van der Waals surface area contributed by atoms with Crippen LogP contribution in [0.15, 0.2) is 205 Å². The van der Waals surface area contributed by atoms with E-state index in [1.165, 1.54) is 0 Å². The summed E-state index contributed by atoms with van der Waals surface area (Å²) in [7, 11) is 0. The molecule has 2 amide bonds. The number of unbranched alkanes of at least 4 members (excludes halogenated alkanes) is 2. The van der Waals surface area contributed by atoms with Crippen molar-refractivity contribution in [2.45, 2.75) is 79.1 Å². The average Bonchev–Trinajstić information content (AvgIpc) is 4.27. The van der Waals surface area contributed by atoms with Crippen molar-refractivity contribution in [1.29, 1.82) is 0 Å². The van der Waals surface area contributed by atoms with Crippen molar-refractivity contribution in [2.75, 3.05) is 22.9 Å². The molecular formula is C66H66N4O2S2. The van der Waals surface area contributed by atoms with E-state index in [-0.39, 0.29) is 11.8 Å². The maximum Gasteiger partial charge on any atom is 0.261 e. The van der Waals surface area contributed by atoms with Crippen LogP contribution in [-0.4, -0.2) is 34.7 Å². The highest BCUT2D eigenvalue weighted by atomic mass is 32.1. The second-order valence-electron chi connectivity index (χ2n) is 19.6. The summed E-state index contributed by atoms with van der Waals surface area (Å²) >= 11 is 3.28. The van der Waals surface area contributed by atoms with Gasteiger partial charge in [-0.3, -0.25) is 9.59 Å². The Morgan fingerprint density at radius 3 is 1.16 bits per heavy atom. The number of carbonyl (C=O) groups excluding carboxylic acids is 2. The molecule has 0 fully saturated rings. The third-order valence-electron chi connectivity index (χ3n) is 14.8. The standard InChI is InChI=1S/C66H66N4O2S2/c1-5-9-21-47(7-3)45-67-63(59-29-20-44-73-59)61-62(66(67)72)64(68(65(61)71)46-48(8-4)22-10-6-2)60-43-42-58(74-60)51-34-40-57(41-35-51)70(54-27-18-13-19-28-54)56-38-32-50(33-39-56)49-30-36-55(37-31-49)69(52-23-14-11-15-24-52)53-25-16-12-17-26-53/h11-20,23-44,47-48H,5-10,21-22,45-46H2,1-4H3. The molecule has 2 unspecified atom stereocenters. The lowest BCUT2D eigenvalue weighted by Crippen LogP contribution is -2.34. The SMILES string of the molecule is CCCCC(CC)CN1C(=O)C2=C(c3ccc(-c4ccc(N(c5ccccc5)c5ccc(-c6ccc(N(c7ccccc7)c7ccccc7)cc6)cc5)cc4)s3)N(CC(CC)CCCC)C(=O)C2=C1c1cccs1.